The molecule has 1 aliphatic heterocycles. The van der Waals surface area contributed by atoms with E-state index < -0.39 is 0 Å². The van der Waals surface area contributed by atoms with E-state index in [0.717, 1.165) is 36.2 Å². The number of halogens is 2. The predicted molar refractivity (Wildman–Crippen MR) is 73.4 cm³/mol. The summed E-state index contributed by atoms with van der Waals surface area (Å²) in [6.45, 7) is 3.89. The molecule has 1 saturated heterocycles. The van der Waals surface area contributed by atoms with E-state index in [2.05, 4.69) is 26.1 Å². The van der Waals surface area contributed by atoms with Crippen molar-refractivity contribution < 1.29 is 5.11 Å². The molecule has 1 heterocycles. The number of aliphatic hydroxyl groups excluding tert-OH is 1. The van der Waals surface area contributed by atoms with Crippen molar-refractivity contribution in [1.82, 2.24) is 10.2 Å². The number of nitrogens with one attached hydrogen (secondary N) is 1. The van der Waals surface area contributed by atoms with E-state index in [9.17, 15) is 5.11 Å². The van der Waals surface area contributed by atoms with Crippen LogP contribution in [0.15, 0.2) is 22.7 Å². The highest BCUT2D eigenvalue weighted by Gasteiger charge is 2.23. The number of nitrogens with zero attached hydrogens (tertiary/aromatic N) is 1. The summed E-state index contributed by atoms with van der Waals surface area (Å²) < 4.78 is 0.991. The molecule has 0 saturated carbocycles. The van der Waals surface area contributed by atoms with Crippen molar-refractivity contribution in [2.45, 2.75) is 6.04 Å². The average Bonchev–Trinajstić information content (AvgIpc) is 2.36. The number of hydrogen-bond acceptors (Lipinski definition) is 3. The first-order chi connectivity index (χ1) is 8.22. The van der Waals surface area contributed by atoms with Crippen LogP contribution in [0.25, 0.3) is 0 Å². The Morgan fingerprint density at radius 3 is 2.76 bits per heavy atom. The average molecular weight is 320 g/mol. The van der Waals surface area contributed by atoms with E-state index in [-0.39, 0.29) is 12.6 Å². The molecule has 0 aromatic heterocycles. The molecule has 0 spiro atoms. The monoisotopic (exact) mass is 318 g/mol. The van der Waals surface area contributed by atoms with Gasteiger partial charge in [-0.2, -0.15) is 0 Å². The molecule has 2 rings (SSSR count). The summed E-state index contributed by atoms with van der Waals surface area (Å²) in [5.41, 5.74) is 0.991. The fourth-order valence-corrected chi connectivity index (χ4v) is 2.80. The Labute approximate surface area is 115 Å². The highest BCUT2D eigenvalue weighted by Crippen LogP contribution is 2.30. The molecule has 17 heavy (non-hydrogen) atoms. The largest absolute Gasteiger partial charge is 0.394 e. The van der Waals surface area contributed by atoms with Gasteiger partial charge in [-0.25, -0.2) is 0 Å². The predicted octanol–water partition coefficient (Wildman–Crippen LogP) is 2.04. The van der Waals surface area contributed by atoms with Crippen LogP contribution in [-0.4, -0.2) is 42.8 Å². The van der Waals surface area contributed by atoms with Crippen LogP contribution in [0.1, 0.15) is 11.6 Å². The first kappa shape index (κ1) is 13.3. The molecule has 1 fully saturated rings. The van der Waals surface area contributed by atoms with Gasteiger partial charge in [0.25, 0.3) is 0 Å². The van der Waals surface area contributed by atoms with E-state index in [0.29, 0.717) is 5.02 Å². The van der Waals surface area contributed by atoms with Gasteiger partial charge in [0.1, 0.15) is 0 Å². The topological polar surface area (TPSA) is 35.5 Å². The molecule has 1 aromatic carbocycles. The minimum atomic E-state index is -0.0119. The minimum Gasteiger partial charge on any atom is -0.394 e. The van der Waals surface area contributed by atoms with Crippen LogP contribution in [-0.2, 0) is 0 Å². The Morgan fingerprint density at radius 2 is 2.12 bits per heavy atom. The second-order valence-electron chi connectivity index (χ2n) is 4.15. The first-order valence-electron chi connectivity index (χ1n) is 5.73. The normalized spacial score (nSPS) is 19.2. The third kappa shape index (κ3) is 3.20. The van der Waals surface area contributed by atoms with Crippen molar-refractivity contribution in [2.75, 3.05) is 32.8 Å². The number of aliphatic hydroxyl groups is 1. The highest BCUT2D eigenvalue weighted by atomic mass is 79.9. The van der Waals surface area contributed by atoms with Crippen molar-refractivity contribution in [2.24, 2.45) is 0 Å². The van der Waals surface area contributed by atoms with Gasteiger partial charge in [-0.1, -0.05) is 27.5 Å². The second kappa shape index (κ2) is 6.16. The Hall–Kier alpha value is -0.130. The van der Waals surface area contributed by atoms with Crippen LogP contribution in [0, 0.1) is 0 Å². The van der Waals surface area contributed by atoms with Crippen LogP contribution in [0.2, 0.25) is 5.02 Å². The van der Waals surface area contributed by atoms with Crippen molar-refractivity contribution in [1.29, 1.82) is 0 Å². The zero-order chi connectivity index (χ0) is 12.3. The van der Waals surface area contributed by atoms with Gasteiger partial charge < -0.3 is 10.4 Å². The standard InChI is InChI=1S/C12H16BrClN2O/c13-9-1-2-11(14)10(7-9)12(8-17)16-5-3-15-4-6-16/h1-2,7,12,15,17H,3-6,8H2. The number of piperazine rings is 1. The summed E-state index contributed by atoms with van der Waals surface area (Å²) in [5, 5.41) is 13.6. The fourth-order valence-electron chi connectivity index (χ4n) is 2.17. The molecule has 0 amide bonds. The number of hydrogen-bond donors (Lipinski definition) is 2. The molecule has 1 aliphatic rings. The molecule has 3 nitrogen and oxygen atoms in total. The second-order valence-corrected chi connectivity index (χ2v) is 5.47. The van der Waals surface area contributed by atoms with E-state index >= 15 is 0 Å². The lowest BCUT2D eigenvalue weighted by molar-refractivity contribution is 0.111. The molecule has 1 atom stereocenters. The minimum absolute atomic E-state index is 0.0119. The molecule has 0 aliphatic carbocycles. The maximum Gasteiger partial charge on any atom is 0.0629 e. The van der Waals surface area contributed by atoms with Crippen LogP contribution in [0.5, 0.6) is 0 Å². The fraction of sp³-hybridized carbons (Fsp3) is 0.500. The lowest BCUT2D eigenvalue weighted by Crippen LogP contribution is -2.46. The van der Waals surface area contributed by atoms with Gasteiger partial charge in [0.2, 0.25) is 0 Å². The summed E-state index contributed by atoms with van der Waals surface area (Å²) in [4.78, 5) is 2.27. The third-order valence-electron chi connectivity index (χ3n) is 3.08. The van der Waals surface area contributed by atoms with Crippen LogP contribution in [0.4, 0.5) is 0 Å². The Balaban J connectivity index is 2.24. The molecular formula is C12H16BrClN2O. The quantitative estimate of drug-likeness (QED) is 0.895. The van der Waals surface area contributed by atoms with E-state index in [1.54, 1.807) is 0 Å². The van der Waals surface area contributed by atoms with Gasteiger partial charge in [0.15, 0.2) is 0 Å². The summed E-state index contributed by atoms with van der Waals surface area (Å²) in [6, 6.07) is 5.76. The summed E-state index contributed by atoms with van der Waals surface area (Å²) in [7, 11) is 0. The molecule has 0 radical (unpaired) electrons. The Morgan fingerprint density at radius 1 is 1.41 bits per heavy atom. The maximum atomic E-state index is 9.61. The zero-order valence-electron chi connectivity index (χ0n) is 9.50. The van der Waals surface area contributed by atoms with E-state index in [4.69, 9.17) is 11.6 Å². The van der Waals surface area contributed by atoms with Gasteiger partial charge in [-0.15, -0.1) is 0 Å². The molecule has 1 aromatic rings. The molecule has 5 heteroatoms. The van der Waals surface area contributed by atoms with Crippen molar-refractivity contribution in [3.63, 3.8) is 0 Å². The maximum absolute atomic E-state index is 9.61. The lowest BCUT2D eigenvalue weighted by Gasteiger charge is -2.34. The molecule has 0 bridgehead atoms. The smallest absolute Gasteiger partial charge is 0.0629 e. The lowest BCUT2D eigenvalue weighted by atomic mass is 10.1. The van der Waals surface area contributed by atoms with Crippen molar-refractivity contribution >= 4 is 27.5 Å². The van der Waals surface area contributed by atoms with E-state index in [1.807, 2.05) is 18.2 Å². The summed E-state index contributed by atoms with van der Waals surface area (Å²) in [6.07, 6.45) is 0. The third-order valence-corrected chi connectivity index (χ3v) is 3.92. The van der Waals surface area contributed by atoms with E-state index in [1.165, 1.54) is 0 Å². The SMILES string of the molecule is OCC(c1cc(Br)ccc1Cl)N1CCNCC1. The molecule has 2 N–H and O–H groups in total. The van der Waals surface area contributed by atoms with Crippen molar-refractivity contribution in [3.8, 4) is 0 Å². The van der Waals surface area contributed by atoms with Gasteiger partial charge in [0.05, 0.1) is 12.6 Å². The molecule has 94 valence electrons. The van der Waals surface area contributed by atoms with Crippen LogP contribution < -0.4 is 5.32 Å². The highest BCUT2D eigenvalue weighted by molar-refractivity contribution is 9.10. The van der Waals surface area contributed by atoms with Crippen molar-refractivity contribution in [3.05, 3.63) is 33.3 Å². The van der Waals surface area contributed by atoms with Gasteiger partial charge in [0, 0.05) is 35.7 Å². The Bertz CT molecular complexity index is 383. The summed E-state index contributed by atoms with van der Waals surface area (Å²) >= 11 is 9.66. The number of benzene rings is 1. The zero-order valence-corrected chi connectivity index (χ0v) is 11.8. The first-order valence-corrected chi connectivity index (χ1v) is 6.90. The number of rotatable bonds is 3. The van der Waals surface area contributed by atoms with Gasteiger partial charge in [-0.05, 0) is 23.8 Å². The van der Waals surface area contributed by atoms with Crippen LogP contribution >= 0.6 is 27.5 Å². The molecule has 1 unspecified atom stereocenters. The van der Waals surface area contributed by atoms with Gasteiger partial charge in [-0.3, -0.25) is 4.90 Å². The Kier molecular flexibility index (Phi) is 4.82. The molecular weight excluding hydrogens is 304 g/mol. The van der Waals surface area contributed by atoms with Gasteiger partial charge >= 0.3 is 0 Å². The summed E-state index contributed by atoms with van der Waals surface area (Å²) in [5.74, 6) is 0. The van der Waals surface area contributed by atoms with Crippen LogP contribution in [0.3, 0.4) is 0 Å².